The molecule has 0 amide bonds. The third-order valence-corrected chi connectivity index (χ3v) is 5.62. The maximum absolute atomic E-state index is 11.5. The average molecular weight is 429 g/mol. The van der Waals surface area contributed by atoms with Gasteiger partial charge in [0.2, 0.25) is 0 Å². The zero-order valence-electron chi connectivity index (χ0n) is 15.1. The minimum absolute atomic E-state index is 0.0230. The van der Waals surface area contributed by atoms with Crippen LogP contribution in [0.4, 0.5) is 0 Å². The summed E-state index contributed by atoms with van der Waals surface area (Å²) in [5.41, 5.74) is 4.43. The van der Waals surface area contributed by atoms with Crippen molar-refractivity contribution in [2.45, 2.75) is 19.1 Å². The average Bonchev–Trinajstić information content (AvgIpc) is 3.15. The molecule has 0 aliphatic carbocycles. The summed E-state index contributed by atoms with van der Waals surface area (Å²) in [4.78, 5) is 19.3. The first-order chi connectivity index (χ1) is 13.1. The SMILES string of the molecule is COC(=O)C1CN(Cc2ccc(C3=NOC(c4ccc(Br)cc4)C3)cc2)C1. The smallest absolute Gasteiger partial charge is 0.311 e. The van der Waals surface area contributed by atoms with Gasteiger partial charge >= 0.3 is 5.97 Å². The van der Waals surface area contributed by atoms with Crippen molar-refractivity contribution in [1.82, 2.24) is 4.90 Å². The van der Waals surface area contributed by atoms with Gasteiger partial charge in [0, 0.05) is 30.5 Å². The molecule has 2 aromatic carbocycles. The molecule has 1 saturated heterocycles. The maximum Gasteiger partial charge on any atom is 0.311 e. The molecule has 4 rings (SSSR count). The number of rotatable bonds is 5. The lowest BCUT2D eigenvalue weighted by Gasteiger charge is -2.37. The van der Waals surface area contributed by atoms with Crippen LogP contribution >= 0.6 is 15.9 Å². The number of hydrogen-bond donors (Lipinski definition) is 0. The maximum atomic E-state index is 11.5. The summed E-state index contributed by atoms with van der Waals surface area (Å²) in [6.07, 6.45) is 0.748. The molecule has 1 fully saturated rings. The Morgan fingerprint density at radius 3 is 2.56 bits per heavy atom. The Morgan fingerprint density at radius 2 is 1.89 bits per heavy atom. The highest BCUT2D eigenvalue weighted by Crippen LogP contribution is 2.30. The number of ether oxygens (including phenoxy) is 1. The molecule has 2 aliphatic heterocycles. The van der Waals surface area contributed by atoms with Crippen molar-refractivity contribution < 1.29 is 14.4 Å². The second-order valence-corrected chi connectivity index (χ2v) is 7.91. The molecule has 1 unspecified atom stereocenters. The van der Waals surface area contributed by atoms with Crippen LogP contribution in [-0.2, 0) is 20.9 Å². The molecular formula is C21H21BrN2O3. The van der Waals surface area contributed by atoms with Crippen LogP contribution in [0, 0.1) is 5.92 Å². The first kappa shape index (κ1) is 18.2. The second-order valence-electron chi connectivity index (χ2n) is 7.00. The molecular weight excluding hydrogens is 408 g/mol. The van der Waals surface area contributed by atoms with Crippen molar-refractivity contribution in [2.75, 3.05) is 20.2 Å². The van der Waals surface area contributed by atoms with Gasteiger partial charge in [-0.05, 0) is 28.8 Å². The van der Waals surface area contributed by atoms with E-state index in [9.17, 15) is 4.79 Å². The number of likely N-dealkylation sites (tertiary alicyclic amines) is 1. The fraction of sp³-hybridized carbons (Fsp3) is 0.333. The van der Waals surface area contributed by atoms with E-state index in [-0.39, 0.29) is 18.0 Å². The molecule has 0 bridgehead atoms. The van der Waals surface area contributed by atoms with Crippen molar-refractivity contribution in [1.29, 1.82) is 0 Å². The molecule has 2 aliphatic rings. The molecule has 2 heterocycles. The van der Waals surface area contributed by atoms with Crippen LogP contribution in [0.1, 0.15) is 29.2 Å². The van der Waals surface area contributed by atoms with Crippen LogP contribution < -0.4 is 0 Å². The Kier molecular flexibility index (Phi) is 5.27. The van der Waals surface area contributed by atoms with E-state index in [1.807, 2.05) is 12.1 Å². The van der Waals surface area contributed by atoms with Crippen LogP contribution in [0.25, 0.3) is 0 Å². The molecule has 5 nitrogen and oxygen atoms in total. The molecule has 6 heteroatoms. The number of esters is 1. The molecule has 0 radical (unpaired) electrons. The Morgan fingerprint density at radius 1 is 1.19 bits per heavy atom. The molecule has 0 aromatic heterocycles. The van der Waals surface area contributed by atoms with Crippen LogP contribution in [0.2, 0.25) is 0 Å². The monoisotopic (exact) mass is 428 g/mol. The highest BCUT2D eigenvalue weighted by molar-refractivity contribution is 9.10. The Bertz CT molecular complexity index is 843. The van der Waals surface area contributed by atoms with Gasteiger partial charge in [-0.2, -0.15) is 0 Å². The first-order valence-corrected chi connectivity index (χ1v) is 9.79. The van der Waals surface area contributed by atoms with Gasteiger partial charge in [0.1, 0.15) is 0 Å². The van der Waals surface area contributed by atoms with Gasteiger partial charge in [-0.15, -0.1) is 0 Å². The number of carbonyl (C=O) groups excluding carboxylic acids is 1. The van der Waals surface area contributed by atoms with E-state index >= 15 is 0 Å². The molecule has 0 saturated carbocycles. The van der Waals surface area contributed by atoms with E-state index in [4.69, 9.17) is 9.57 Å². The predicted molar refractivity (Wildman–Crippen MR) is 106 cm³/mol. The lowest BCUT2D eigenvalue weighted by Crippen LogP contribution is -2.49. The standard InChI is InChI=1S/C21H21BrN2O3/c1-26-21(25)17-12-24(13-17)11-14-2-4-15(5-3-14)19-10-20(27-23-19)16-6-8-18(22)9-7-16/h2-9,17,20H,10-13H2,1H3. The number of carbonyl (C=O) groups is 1. The first-order valence-electron chi connectivity index (χ1n) is 9.00. The van der Waals surface area contributed by atoms with Crippen molar-refractivity contribution in [3.05, 3.63) is 69.7 Å². The van der Waals surface area contributed by atoms with Gasteiger partial charge in [-0.3, -0.25) is 9.69 Å². The minimum atomic E-state index is -0.110. The van der Waals surface area contributed by atoms with E-state index in [0.29, 0.717) is 0 Å². The molecule has 0 spiro atoms. The summed E-state index contributed by atoms with van der Waals surface area (Å²) in [5.74, 6) is -0.0871. The Balaban J connectivity index is 1.32. The third kappa shape index (κ3) is 4.06. The van der Waals surface area contributed by atoms with Gasteiger partial charge in [0.05, 0.1) is 18.7 Å². The van der Waals surface area contributed by atoms with E-state index in [1.165, 1.54) is 12.7 Å². The summed E-state index contributed by atoms with van der Waals surface area (Å²) >= 11 is 3.45. The van der Waals surface area contributed by atoms with Crippen molar-refractivity contribution >= 4 is 27.6 Å². The Hall–Kier alpha value is -2.18. The van der Waals surface area contributed by atoms with Gasteiger partial charge in [-0.25, -0.2) is 0 Å². The predicted octanol–water partition coefficient (Wildman–Crippen LogP) is 3.92. The number of halogens is 1. The van der Waals surface area contributed by atoms with E-state index in [2.05, 4.69) is 62.4 Å². The summed E-state index contributed by atoms with van der Waals surface area (Å²) in [6.45, 7) is 2.38. The van der Waals surface area contributed by atoms with Crippen LogP contribution in [-0.4, -0.2) is 36.8 Å². The fourth-order valence-corrected chi connectivity index (χ4v) is 3.74. The normalized spacial score (nSPS) is 19.9. The van der Waals surface area contributed by atoms with E-state index in [0.717, 1.165) is 47.4 Å². The number of nitrogens with zero attached hydrogens (tertiary/aromatic N) is 2. The number of methoxy groups -OCH3 is 1. The second kappa shape index (κ2) is 7.82. The topological polar surface area (TPSA) is 51.1 Å². The van der Waals surface area contributed by atoms with Crippen molar-refractivity contribution in [2.24, 2.45) is 11.1 Å². The van der Waals surface area contributed by atoms with Crippen LogP contribution in [0.5, 0.6) is 0 Å². The van der Waals surface area contributed by atoms with Gasteiger partial charge < -0.3 is 9.57 Å². The van der Waals surface area contributed by atoms with E-state index < -0.39 is 0 Å². The number of oxime groups is 1. The minimum Gasteiger partial charge on any atom is -0.469 e. The molecule has 2 aromatic rings. The number of benzene rings is 2. The fourth-order valence-electron chi connectivity index (χ4n) is 3.48. The lowest BCUT2D eigenvalue weighted by molar-refractivity contribution is -0.151. The lowest BCUT2D eigenvalue weighted by atomic mass is 9.98. The summed E-state index contributed by atoms with van der Waals surface area (Å²) in [5, 5.41) is 4.29. The van der Waals surface area contributed by atoms with Crippen LogP contribution in [0.3, 0.4) is 0 Å². The highest BCUT2D eigenvalue weighted by atomic mass is 79.9. The Labute approximate surface area is 167 Å². The largest absolute Gasteiger partial charge is 0.469 e. The summed E-state index contributed by atoms with van der Waals surface area (Å²) < 4.78 is 5.84. The van der Waals surface area contributed by atoms with Crippen molar-refractivity contribution in [3.8, 4) is 0 Å². The summed E-state index contributed by atoms with van der Waals surface area (Å²) in [7, 11) is 1.44. The summed E-state index contributed by atoms with van der Waals surface area (Å²) in [6, 6.07) is 16.6. The van der Waals surface area contributed by atoms with Gasteiger partial charge in [0.15, 0.2) is 6.10 Å². The zero-order valence-corrected chi connectivity index (χ0v) is 16.7. The van der Waals surface area contributed by atoms with Gasteiger partial charge in [-0.1, -0.05) is 57.5 Å². The molecule has 1 atom stereocenters. The quantitative estimate of drug-likeness (QED) is 0.677. The number of hydrogen-bond acceptors (Lipinski definition) is 5. The van der Waals surface area contributed by atoms with E-state index in [1.54, 1.807) is 0 Å². The highest BCUT2D eigenvalue weighted by Gasteiger charge is 2.33. The van der Waals surface area contributed by atoms with Crippen molar-refractivity contribution in [3.63, 3.8) is 0 Å². The molecule has 140 valence electrons. The van der Waals surface area contributed by atoms with Gasteiger partial charge in [0.25, 0.3) is 0 Å². The molecule has 0 N–H and O–H groups in total. The third-order valence-electron chi connectivity index (χ3n) is 5.10. The van der Waals surface area contributed by atoms with Crippen LogP contribution in [0.15, 0.2) is 58.2 Å². The zero-order chi connectivity index (χ0) is 18.8. The molecule has 27 heavy (non-hydrogen) atoms.